The van der Waals surface area contributed by atoms with Crippen LogP contribution < -0.4 is 0 Å². The van der Waals surface area contributed by atoms with Crippen molar-refractivity contribution < 1.29 is 12.3 Å². The predicted molar refractivity (Wildman–Crippen MR) is 85.4 cm³/mol. The predicted octanol–water partition coefficient (Wildman–Crippen LogP) is 4.70. The maximum atomic E-state index is 12.2. The van der Waals surface area contributed by atoms with Gasteiger partial charge in [0.1, 0.15) is 0 Å². The van der Waals surface area contributed by atoms with Crippen molar-refractivity contribution >= 4 is 18.4 Å². The van der Waals surface area contributed by atoms with Crippen LogP contribution in [0.1, 0.15) is 69.2 Å². The van der Waals surface area contributed by atoms with Crippen molar-refractivity contribution in [1.82, 2.24) is 0 Å². The first-order chi connectivity index (χ1) is 8.02. The molecule has 0 rings (SSSR count). The average molecular weight is 309 g/mol. The lowest BCUT2D eigenvalue weighted by molar-refractivity contribution is 0.368. The van der Waals surface area contributed by atoms with Crippen LogP contribution in [0.5, 0.6) is 0 Å². The number of hydrogen-bond donors (Lipinski definition) is 0. The summed E-state index contributed by atoms with van der Waals surface area (Å²) >= 11 is 0. The molecule has 0 fully saturated rings. The maximum Gasteiger partial charge on any atom is 0.257 e. The summed E-state index contributed by atoms with van der Waals surface area (Å²) in [7, 11) is -6.11. The molecule has 0 spiro atoms. The molecule has 0 atom stereocenters. The summed E-state index contributed by atoms with van der Waals surface area (Å²) in [5.41, 5.74) is 0. The molecule has 5 heteroatoms. The SMILES string of the molecule is CCS(=O)(=O)O[Si](C(C)(C)C)(C(C)(C)C)C(C)(C)C. The minimum Gasteiger partial charge on any atom is -0.313 e. The van der Waals surface area contributed by atoms with Gasteiger partial charge in [0.2, 0.25) is 8.32 Å². The Hall–Kier alpha value is 0.127. The maximum absolute atomic E-state index is 12.2. The monoisotopic (exact) mass is 308 g/mol. The zero-order chi connectivity index (χ0) is 15.9. The molecule has 0 unspecified atom stereocenters. The van der Waals surface area contributed by atoms with E-state index in [9.17, 15) is 8.42 Å². The van der Waals surface area contributed by atoms with Gasteiger partial charge in [-0.25, -0.2) is 8.42 Å². The zero-order valence-electron chi connectivity index (χ0n) is 14.3. The third-order valence-electron chi connectivity index (χ3n) is 3.77. The van der Waals surface area contributed by atoms with E-state index in [-0.39, 0.29) is 20.9 Å². The number of rotatable bonds is 3. The van der Waals surface area contributed by atoms with E-state index in [1.807, 2.05) is 0 Å². The van der Waals surface area contributed by atoms with E-state index in [0.717, 1.165) is 0 Å². The van der Waals surface area contributed by atoms with Gasteiger partial charge < -0.3 is 3.87 Å². The van der Waals surface area contributed by atoms with Crippen LogP contribution in [0, 0.1) is 0 Å². The van der Waals surface area contributed by atoms with E-state index in [1.165, 1.54) is 0 Å². The Labute approximate surface area is 121 Å². The van der Waals surface area contributed by atoms with Gasteiger partial charge in [-0.05, 0) is 22.0 Å². The first-order valence-corrected chi connectivity index (χ1v) is 10.4. The van der Waals surface area contributed by atoms with Crippen molar-refractivity contribution in [3.8, 4) is 0 Å². The van der Waals surface area contributed by atoms with Crippen LogP contribution in [-0.4, -0.2) is 22.5 Å². The van der Waals surface area contributed by atoms with E-state index in [1.54, 1.807) is 6.92 Å². The van der Waals surface area contributed by atoms with Crippen LogP contribution in [0.3, 0.4) is 0 Å². The molecule has 19 heavy (non-hydrogen) atoms. The Morgan fingerprint density at radius 2 is 1.05 bits per heavy atom. The van der Waals surface area contributed by atoms with Crippen molar-refractivity contribution in [2.75, 3.05) is 5.75 Å². The van der Waals surface area contributed by atoms with Crippen molar-refractivity contribution in [2.24, 2.45) is 0 Å². The second-order valence-corrected chi connectivity index (χ2v) is 16.6. The van der Waals surface area contributed by atoms with Crippen LogP contribution in [-0.2, 0) is 14.0 Å². The molecule has 0 aromatic carbocycles. The normalized spacial score (nSPS) is 15.7. The Balaban J connectivity index is 6.29. The third kappa shape index (κ3) is 3.61. The van der Waals surface area contributed by atoms with Gasteiger partial charge in [0, 0.05) is 0 Å². The molecule has 0 aromatic rings. The van der Waals surface area contributed by atoms with Gasteiger partial charge in [-0.15, -0.1) is 0 Å². The summed E-state index contributed by atoms with van der Waals surface area (Å²) < 4.78 is 30.3. The highest BCUT2D eigenvalue weighted by Crippen LogP contribution is 2.62. The van der Waals surface area contributed by atoms with Crippen LogP contribution >= 0.6 is 0 Å². The largest absolute Gasteiger partial charge is 0.313 e. The van der Waals surface area contributed by atoms with Gasteiger partial charge in [-0.1, -0.05) is 62.3 Å². The molecule has 0 aromatic heterocycles. The molecule has 0 heterocycles. The molecule has 0 radical (unpaired) electrons. The van der Waals surface area contributed by atoms with Crippen molar-refractivity contribution in [2.45, 2.75) is 84.4 Å². The zero-order valence-corrected chi connectivity index (χ0v) is 16.2. The van der Waals surface area contributed by atoms with E-state index >= 15 is 0 Å². The number of hydrogen-bond acceptors (Lipinski definition) is 3. The second kappa shape index (κ2) is 5.15. The van der Waals surface area contributed by atoms with Crippen LogP contribution in [0.25, 0.3) is 0 Å². The molecule has 0 aliphatic heterocycles. The van der Waals surface area contributed by atoms with Gasteiger partial charge in [0.15, 0.2) is 0 Å². The Morgan fingerprint density at radius 3 is 1.21 bits per heavy atom. The summed E-state index contributed by atoms with van der Waals surface area (Å²) in [6, 6.07) is 0. The third-order valence-corrected chi connectivity index (χ3v) is 12.8. The van der Waals surface area contributed by atoms with Gasteiger partial charge in [-0.2, -0.15) is 0 Å². The summed E-state index contributed by atoms with van der Waals surface area (Å²) in [6.07, 6.45) is 0. The first kappa shape index (κ1) is 19.1. The van der Waals surface area contributed by atoms with Gasteiger partial charge in [0.05, 0.1) is 5.75 Å². The van der Waals surface area contributed by atoms with E-state index in [0.29, 0.717) is 0 Å². The fourth-order valence-corrected chi connectivity index (χ4v) is 15.7. The molecule has 0 aliphatic carbocycles. The topological polar surface area (TPSA) is 43.4 Å². The molecule has 116 valence electrons. The van der Waals surface area contributed by atoms with Crippen LogP contribution in [0.15, 0.2) is 0 Å². The highest BCUT2D eigenvalue weighted by molar-refractivity contribution is 7.87. The van der Waals surface area contributed by atoms with Gasteiger partial charge in [-0.3, -0.25) is 0 Å². The fourth-order valence-electron chi connectivity index (χ4n) is 4.00. The van der Waals surface area contributed by atoms with E-state index in [2.05, 4.69) is 62.3 Å². The molecule has 0 amide bonds. The second-order valence-electron chi connectivity index (χ2n) is 8.36. The summed E-state index contributed by atoms with van der Waals surface area (Å²) in [6.45, 7) is 20.6. The molecule has 0 bridgehead atoms. The lowest BCUT2D eigenvalue weighted by atomic mass is 10.2. The minimum atomic E-state index is -3.46. The minimum absolute atomic E-state index is 0.0317. The summed E-state index contributed by atoms with van der Waals surface area (Å²) in [5.74, 6) is 0.0317. The van der Waals surface area contributed by atoms with E-state index < -0.39 is 18.4 Å². The smallest absolute Gasteiger partial charge is 0.257 e. The summed E-state index contributed by atoms with van der Waals surface area (Å²) in [5, 5.41) is -0.525. The molecule has 0 N–H and O–H groups in total. The lowest BCUT2D eigenvalue weighted by Gasteiger charge is -2.56. The van der Waals surface area contributed by atoms with E-state index in [4.69, 9.17) is 3.87 Å². The Bertz CT molecular complexity index is 369. The standard InChI is InChI=1S/C14H32O3SSi/c1-11-18(15,16)17-19(12(2,3)4,13(5,6)7)14(8,9)10/h11H2,1-10H3. The molecule has 0 saturated heterocycles. The summed E-state index contributed by atoms with van der Waals surface area (Å²) in [4.78, 5) is 0. The Kier molecular flexibility index (Phi) is 5.19. The lowest BCUT2D eigenvalue weighted by Crippen LogP contribution is -2.61. The first-order valence-electron chi connectivity index (χ1n) is 6.95. The fraction of sp³-hybridized carbons (Fsp3) is 1.00. The quantitative estimate of drug-likeness (QED) is 0.710. The van der Waals surface area contributed by atoms with Crippen LogP contribution in [0.2, 0.25) is 15.1 Å². The Morgan fingerprint density at radius 1 is 0.789 bits per heavy atom. The van der Waals surface area contributed by atoms with Crippen molar-refractivity contribution in [3.63, 3.8) is 0 Å². The van der Waals surface area contributed by atoms with Crippen molar-refractivity contribution in [1.29, 1.82) is 0 Å². The molecule has 3 nitrogen and oxygen atoms in total. The molecule has 0 aliphatic rings. The van der Waals surface area contributed by atoms with Gasteiger partial charge in [0.25, 0.3) is 10.1 Å². The molecule has 0 saturated carbocycles. The highest BCUT2D eigenvalue weighted by Gasteiger charge is 2.64. The van der Waals surface area contributed by atoms with Crippen molar-refractivity contribution in [3.05, 3.63) is 0 Å². The molecular formula is C14H32O3SSi. The molecular weight excluding hydrogens is 276 g/mol. The van der Waals surface area contributed by atoms with Crippen LogP contribution in [0.4, 0.5) is 0 Å². The van der Waals surface area contributed by atoms with Gasteiger partial charge >= 0.3 is 0 Å². The highest BCUT2D eigenvalue weighted by atomic mass is 32.2. The average Bonchev–Trinajstić information content (AvgIpc) is 2.08.